The van der Waals surface area contributed by atoms with Crippen LogP contribution in [-0.2, 0) is 16.2 Å². The Bertz CT molecular complexity index is 9570. The summed E-state index contributed by atoms with van der Waals surface area (Å²) in [5.74, 6) is 1.46. The van der Waals surface area contributed by atoms with E-state index in [1.165, 1.54) is 94.2 Å². The summed E-state index contributed by atoms with van der Waals surface area (Å²) in [6.45, 7) is 13.9. The molecule has 0 spiro atoms. The number of hydrogen-bond donors (Lipinski definition) is 0. The minimum Gasteiger partial charge on any atom is -0.293 e. The average Bonchev–Trinajstić information content (AvgIpc) is 1.55. The second-order valence-corrected chi connectivity index (χ2v) is 37.8. The summed E-state index contributed by atoms with van der Waals surface area (Å²) >= 11 is 0. The van der Waals surface area contributed by atoms with E-state index in [0.29, 0.717) is 45.6 Å². The summed E-state index contributed by atoms with van der Waals surface area (Å²) in [6, 6.07) is 146. The summed E-state index contributed by atoms with van der Waals surface area (Å²) in [6.07, 6.45) is 0. The quantitative estimate of drug-likeness (QED) is 0.143. The smallest absolute Gasteiger partial charge is 0.236 e. The molecular formula is C126H82N12. The molecule has 0 N–H and O–H groups in total. The SMILES string of the molecule is CC1(C)c2ccc(-c3ccc4c(c3)c3ccccc3n4-c3nc4ccccc4c(C#N)c3C#N)cc2-c2c1ccc1ccccc21.CC1(C)c2ccccc2-c2ccc(-c3ccc(-c4ccc5c(c4)c4ccccc4n5-c4nc(C#N)c5ccccc5n4)cc3)cc21.CC1(C)c2ccccc2-c2ccc(-c3ccc4c(c3)c3ccccc3n4-c3nc(C#N)c4ccc(-c5ccccc5)cc4n3)cc21. The maximum Gasteiger partial charge on any atom is 0.236 e. The topological polar surface area (TPSA) is 174 Å². The molecule has 6 aromatic heterocycles. The van der Waals surface area contributed by atoms with Gasteiger partial charge in [0.05, 0.1) is 55.2 Å². The van der Waals surface area contributed by atoms with Crippen LogP contribution in [0.3, 0.4) is 0 Å². The number of nitriles is 4. The fourth-order valence-electron chi connectivity index (χ4n) is 22.4. The Kier molecular flexibility index (Phi) is 18.6. The molecule has 3 aliphatic carbocycles. The van der Waals surface area contributed by atoms with Gasteiger partial charge in [0.2, 0.25) is 11.9 Å². The van der Waals surface area contributed by atoms with Crippen molar-refractivity contribution in [3.63, 3.8) is 0 Å². The highest BCUT2D eigenvalue weighted by Gasteiger charge is 2.40. The van der Waals surface area contributed by atoms with E-state index in [1.54, 1.807) is 0 Å². The number of pyridine rings is 1. The van der Waals surface area contributed by atoms with E-state index in [4.69, 9.17) is 24.9 Å². The number of aromatic nitrogens is 8. The van der Waals surface area contributed by atoms with Crippen molar-refractivity contribution in [2.24, 2.45) is 0 Å². The van der Waals surface area contributed by atoms with Crippen LogP contribution < -0.4 is 0 Å². The predicted octanol–water partition coefficient (Wildman–Crippen LogP) is 30.7. The maximum absolute atomic E-state index is 10.3. The lowest BCUT2D eigenvalue weighted by molar-refractivity contribution is 0.660. The lowest BCUT2D eigenvalue weighted by Crippen LogP contribution is -2.14. The number of fused-ring (bicyclic) bond motifs is 23. The first-order chi connectivity index (χ1) is 67.5. The third-order valence-corrected chi connectivity index (χ3v) is 29.3. The van der Waals surface area contributed by atoms with Crippen molar-refractivity contribution < 1.29 is 0 Å². The standard InChI is InChI=1S/C42H28N4.C42H26N4.C42H28N4/c1-42(2)35-12-6-3-9-30(35)31-21-19-29(24-36(31)42)27-17-15-26(16-18-27)28-20-22-40-34(23-28)32-10-5-8-14-39(32)46(40)41-44-37-13-7-4-11-33(37)38(25-43)45-41;1-42(2)35-18-16-26(22-32(35)40-28-10-4-3-9-25(28)15-19-36(40)42)27-17-20-39-31(21-27)30-12-6-8-14-38(30)46(39)41-34(24-44)33(23-43)29-11-5-7-13-37(29)45-41;1-42(2)35-14-8-6-12-30(35)31-19-16-28(23-36(31)42)27-18-21-40-34(22-27)32-13-7-9-15-39(32)46(40)41-44-37-24-29(26-10-4-3-5-11-26)17-20-33(37)38(25-43)45-41/h3-24H,1-2H3;3-22H,1-2H3;3-24H,1-2H3. The van der Waals surface area contributed by atoms with Crippen molar-refractivity contribution in [3.8, 4) is 131 Å². The molecule has 138 heavy (non-hydrogen) atoms. The number of nitrogens with zero attached hydrogens (tertiary/aromatic N) is 12. The van der Waals surface area contributed by atoms with E-state index in [2.05, 4.69) is 360 Å². The van der Waals surface area contributed by atoms with Crippen molar-refractivity contribution in [2.45, 2.75) is 57.8 Å². The normalized spacial score (nSPS) is 13.1. The lowest BCUT2D eigenvalue weighted by atomic mass is 9.81. The van der Waals surface area contributed by atoms with Gasteiger partial charge >= 0.3 is 0 Å². The zero-order chi connectivity index (χ0) is 93.1. The molecule has 0 fully saturated rings. The molecule has 12 heteroatoms. The fraction of sp³-hybridized carbons (Fsp3) is 0.0714. The zero-order valence-corrected chi connectivity index (χ0v) is 76.3. The summed E-state index contributed by atoms with van der Waals surface area (Å²) in [4.78, 5) is 24.4. The van der Waals surface area contributed by atoms with Gasteiger partial charge in [0.15, 0.2) is 17.2 Å². The molecule has 3 aliphatic rings. The van der Waals surface area contributed by atoms with Gasteiger partial charge < -0.3 is 0 Å². The van der Waals surface area contributed by atoms with Crippen molar-refractivity contribution in [1.82, 2.24) is 38.6 Å². The van der Waals surface area contributed by atoms with Gasteiger partial charge in [0.1, 0.15) is 29.8 Å². The van der Waals surface area contributed by atoms with E-state index in [1.807, 2.05) is 108 Å². The maximum atomic E-state index is 10.3. The molecule has 0 unspecified atom stereocenters. The third-order valence-electron chi connectivity index (χ3n) is 29.3. The highest BCUT2D eigenvalue weighted by Crippen LogP contribution is 2.55. The minimum atomic E-state index is -0.0851. The molecule has 0 atom stereocenters. The van der Waals surface area contributed by atoms with Crippen LogP contribution in [0, 0.1) is 45.3 Å². The average molecular weight is 1760 g/mol. The monoisotopic (exact) mass is 1760 g/mol. The lowest BCUT2D eigenvalue weighted by Gasteiger charge is -2.22. The van der Waals surface area contributed by atoms with Crippen LogP contribution in [0.1, 0.15) is 97.4 Å². The van der Waals surface area contributed by atoms with Gasteiger partial charge in [-0.15, -0.1) is 0 Å². The van der Waals surface area contributed by atoms with Gasteiger partial charge in [0.25, 0.3) is 0 Å². The Morgan fingerprint density at radius 1 is 0.210 bits per heavy atom. The van der Waals surface area contributed by atoms with Crippen LogP contribution in [0.4, 0.5) is 0 Å². The van der Waals surface area contributed by atoms with Crippen LogP contribution in [0.15, 0.2) is 388 Å². The van der Waals surface area contributed by atoms with E-state index in [0.717, 1.165) is 126 Å². The van der Waals surface area contributed by atoms with Gasteiger partial charge in [-0.3, -0.25) is 13.7 Å². The zero-order valence-electron chi connectivity index (χ0n) is 76.3. The molecule has 24 aromatic rings. The van der Waals surface area contributed by atoms with Crippen LogP contribution in [0.25, 0.3) is 216 Å². The number of rotatable bonds is 8. The largest absolute Gasteiger partial charge is 0.293 e. The van der Waals surface area contributed by atoms with E-state index in [-0.39, 0.29) is 21.8 Å². The van der Waals surface area contributed by atoms with Crippen molar-refractivity contribution in [3.05, 3.63) is 444 Å². The van der Waals surface area contributed by atoms with Gasteiger partial charge in [-0.1, -0.05) is 327 Å². The summed E-state index contributed by atoms with van der Waals surface area (Å²) in [5, 5.41) is 51.8. The highest BCUT2D eigenvalue weighted by atomic mass is 15.2. The van der Waals surface area contributed by atoms with Crippen molar-refractivity contribution in [2.75, 3.05) is 0 Å². The molecule has 18 aromatic carbocycles. The number of para-hydroxylation sites is 5. The Morgan fingerprint density at radius 3 is 1.12 bits per heavy atom. The van der Waals surface area contributed by atoms with Gasteiger partial charge in [-0.05, 0) is 236 Å². The molecule has 0 aliphatic heterocycles. The van der Waals surface area contributed by atoms with Crippen molar-refractivity contribution >= 4 is 109 Å². The van der Waals surface area contributed by atoms with Gasteiger partial charge in [-0.2, -0.15) is 21.0 Å². The third kappa shape index (κ3) is 12.7. The van der Waals surface area contributed by atoms with Crippen LogP contribution in [-0.4, -0.2) is 38.6 Å². The highest BCUT2D eigenvalue weighted by molar-refractivity contribution is 6.14. The molecule has 0 saturated carbocycles. The number of hydrogen-bond acceptors (Lipinski definition) is 9. The Morgan fingerprint density at radius 2 is 0.565 bits per heavy atom. The first kappa shape index (κ1) is 81.6. The molecule has 0 amide bonds. The van der Waals surface area contributed by atoms with Crippen LogP contribution >= 0.6 is 0 Å². The molecule has 646 valence electrons. The second-order valence-electron chi connectivity index (χ2n) is 37.8. The van der Waals surface area contributed by atoms with Crippen LogP contribution in [0.5, 0.6) is 0 Å². The molecule has 0 saturated heterocycles. The van der Waals surface area contributed by atoms with E-state index in [9.17, 15) is 21.0 Å². The fourth-order valence-corrected chi connectivity index (χ4v) is 22.4. The summed E-state index contributed by atoms with van der Waals surface area (Å²) < 4.78 is 6.19. The molecular weight excluding hydrogens is 1680 g/mol. The van der Waals surface area contributed by atoms with Gasteiger partial charge in [-0.25, -0.2) is 24.9 Å². The first-order valence-electron chi connectivity index (χ1n) is 46.6. The van der Waals surface area contributed by atoms with E-state index < -0.39 is 0 Å². The minimum absolute atomic E-state index is 0.0233. The molecule has 27 rings (SSSR count). The van der Waals surface area contributed by atoms with Gasteiger partial charge in [0, 0.05) is 64.7 Å². The summed E-state index contributed by atoms with van der Waals surface area (Å²) in [7, 11) is 0. The Balaban J connectivity index is 0.000000110. The first-order valence-corrected chi connectivity index (χ1v) is 46.6. The van der Waals surface area contributed by atoms with E-state index >= 15 is 0 Å². The van der Waals surface area contributed by atoms with Crippen molar-refractivity contribution in [1.29, 1.82) is 21.0 Å². The number of benzene rings is 18. The molecule has 6 heterocycles. The Hall–Kier alpha value is -18.3. The molecule has 0 radical (unpaired) electrons. The Labute approximate surface area is 796 Å². The second kappa shape index (κ2) is 31.4. The predicted molar refractivity (Wildman–Crippen MR) is 560 cm³/mol. The summed E-state index contributed by atoms with van der Waals surface area (Å²) in [5.41, 5.74) is 37.0. The molecule has 12 nitrogen and oxygen atoms in total. The molecule has 0 bridgehead atoms. The van der Waals surface area contributed by atoms with Crippen LogP contribution in [0.2, 0.25) is 0 Å².